The van der Waals surface area contributed by atoms with Gasteiger partial charge in [0.2, 0.25) is 0 Å². The highest BCUT2D eigenvalue weighted by Crippen LogP contribution is 2.23. The molecule has 0 N–H and O–H groups in total. The zero-order valence-electron chi connectivity index (χ0n) is 12.0. The Morgan fingerprint density at radius 2 is 2.17 bits per heavy atom. The fraction of sp³-hybridized carbons (Fsp3) is 0.769. The number of nitrogens with zero attached hydrogens (tertiary/aromatic N) is 3. The molecule has 1 atom stereocenters. The Bertz CT molecular complexity index is 379. The first-order valence-electron chi connectivity index (χ1n) is 6.42. The molecule has 104 valence electrons. The van der Waals surface area contributed by atoms with Gasteiger partial charge in [-0.3, -0.25) is 9.58 Å². The third kappa shape index (κ3) is 4.00. The Kier molecular flexibility index (Phi) is 6.74. The maximum atomic E-state index is 4.54. The van der Waals surface area contributed by atoms with Gasteiger partial charge in [0.05, 0.1) is 15.9 Å². The zero-order valence-corrected chi connectivity index (χ0v) is 14.4. The van der Waals surface area contributed by atoms with Crippen LogP contribution in [0, 0.1) is 6.92 Å². The van der Waals surface area contributed by atoms with Crippen molar-refractivity contribution in [3.8, 4) is 0 Å². The van der Waals surface area contributed by atoms with Crippen molar-refractivity contribution in [3.05, 3.63) is 15.9 Å². The lowest BCUT2D eigenvalue weighted by molar-refractivity contribution is 0.237. The molecule has 0 fully saturated rings. The number of aromatic nitrogens is 2. The molecule has 0 amide bonds. The highest BCUT2D eigenvalue weighted by molar-refractivity contribution is 9.10. The lowest BCUT2D eigenvalue weighted by Gasteiger charge is -2.24. The zero-order chi connectivity index (χ0) is 13.7. The molecule has 18 heavy (non-hydrogen) atoms. The van der Waals surface area contributed by atoms with Crippen molar-refractivity contribution >= 4 is 27.7 Å². The summed E-state index contributed by atoms with van der Waals surface area (Å²) >= 11 is 5.57. The number of hydrogen-bond donors (Lipinski definition) is 0. The van der Waals surface area contributed by atoms with E-state index in [0.717, 1.165) is 23.3 Å². The third-order valence-electron chi connectivity index (χ3n) is 3.34. The molecule has 0 aliphatic heterocycles. The second-order valence-corrected chi connectivity index (χ2v) is 6.49. The van der Waals surface area contributed by atoms with Crippen LogP contribution >= 0.6 is 27.7 Å². The summed E-state index contributed by atoms with van der Waals surface area (Å²) in [6, 6.07) is 0.602. The molecular formula is C13H24BrN3S. The maximum Gasteiger partial charge on any atom is 0.0739 e. The van der Waals surface area contributed by atoms with Gasteiger partial charge in [0, 0.05) is 19.1 Å². The summed E-state index contributed by atoms with van der Waals surface area (Å²) in [5, 5.41) is 4.54. The molecule has 1 heterocycles. The molecule has 0 radical (unpaired) electrons. The van der Waals surface area contributed by atoms with E-state index in [9.17, 15) is 0 Å². The van der Waals surface area contributed by atoms with Crippen LogP contribution in [0.15, 0.2) is 4.47 Å². The smallest absolute Gasteiger partial charge is 0.0739 e. The van der Waals surface area contributed by atoms with Gasteiger partial charge in [-0.2, -0.15) is 16.9 Å². The van der Waals surface area contributed by atoms with Crippen LogP contribution in [0.2, 0.25) is 0 Å². The molecule has 0 spiro atoms. The van der Waals surface area contributed by atoms with Gasteiger partial charge >= 0.3 is 0 Å². The number of thioether (sulfide) groups is 1. The van der Waals surface area contributed by atoms with E-state index < -0.39 is 0 Å². The third-order valence-corrected chi connectivity index (χ3v) is 5.02. The Labute approximate surface area is 123 Å². The maximum absolute atomic E-state index is 4.54. The van der Waals surface area contributed by atoms with Crippen molar-refractivity contribution in [2.75, 3.05) is 19.1 Å². The normalized spacial score (nSPS) is 13.3. The van der Waals surface area contributed by atoms with E-state index in [1.54, 1.807) is 0 Å². The van der Waals surface area contributed by atoms with Crippen LogP contribution in [0.3, 0.4) is 0 Å². The van der Waals surface area contributed by atoms with Gasteiger partial charge in [-0.25, -0.2) is 0 Å². The van der Waals surface area contributed by atoms with Crippen LogP contribution in [-0.2, 0) is 13.1 Å². The molecule has 0 saturated carbocycles. The van der Waals surface area contributed by atoms with E-state index in [1.807, 2.05) is 11.8 Å². The van der Waals surface area contributed by atoms with E-state index >= 15 is 0 Å². The average Bonchev–Trinajstić information content (AvgIpc) is 2.63. The van der Waals surface area contributed by atoms with E-state index in [-0.39, 0.29) is 0 Å². The Morgan fingerprint density at radius 1 is 1.50 bits per heavy atom. The van der Waals surface area contributed by atoms with Crippen LogP contribution in [-0.4, -0.2) is 39.8 Å². The van der Waals surface area contributed by atoms with E-state index in [2.05, 4.69) is 64.7 Å². The second-order valence-electron chi connectivity index (χ2n) is 4.71. The molecule has 1 rings (SSSR count). The first-order chi connectivity index (χ1) is 8.51. The van der Waals surface area contributed by atoms with Crippen LogP contribution in [0.25, 0.3) is 0 Å². The highest BCUT2D eigenvalue weighted by atomic mass is 79.9. The monoisotopic (exact) mass is 333 g/mol. The van der Waals surface area contributed by atoms with Crippen LogP contribution in [0.4, 0.5) is 0 Å². The van der Waals surface area contributed by atoms with E-state index in [1.165, 1.54) is 17.9 Å². The summed E-state index contributed by atoms with van der Waals surface area (Å²) < 4.78 is 3.25. The standard InChI is InChI=1S/C13H24BrN3S/c1-6-17-12(13(14)11(3)15-17)9-16(4)10(2)7-8-18-5/h10H,6-9H2,1-5H3. The van der Waals surface area contributed by atoms with Crippen LogP contribution < -0.4 is 0 Å². The van der Waals surface area contributed by atoms with E-state index in [4.69, 9.17) is 0 Å². The molecule has 3 nitrogen and oxygen atoms in total. The molecule has 1 unspecified atom stereocenters. The molecule has 0 aliphatic carbocycles. The predicted molar refractivity (Wildman–Crippen MR) is 84.3 cm³/mol. The first kappa shape index (κ1) is 16.1. The molecule has 0 saturated heterocycles. The Balaban J connectivity index is 2.71. The van der Waals surface area contributed by atoms with Crippen molar-refractivity contribution in [1.29, 1.82) is 0 Å². The molecule has 5 heteroatoms. The van der Waals surface area contributed by atoms with Gasteiger partial charge in [-0.05, 0) is 62.2 Å². The van der Waals surface area contributed by atoms with Crippen molar-refractivity contribution in [2.24, 2.45) is 0 Å². The van der Waals surface area contributed by atoms with E-state index in [0.29, 0.717) is 6.04 Å². The minimum absolute atomic E-state index is 0.602. The van der Waals surface area contributed by atoms with Crippen molar-refractivity contribution in [2.45, 2.75) is 46.3 Å². The van der Waals surface area contributed by atoms with Gasteiger partial charge < -0.3 is 0 Å². The Morgan fingerprint density at radius 3 is 2.72 bits per heavy atom. The topological polar surface area (TPSA) is 21.1 Å². The van der Waals surface area contributed by atoms with Crippen LogP contribution in [0.1, 0.15) is 31.7 Å². The summed E-state index contributed by atoms with van der Waals surface area (Å²) in [5.74, 6) is 1.22. The van der Waals surface area contributed by atoms with Gasteiger partial charge in [0.1, 0.15) is 0 Å². The molecule has 1 aromatic heterocycles. The molecular weight excluding hydrogens is 310 g/mol. The largest absolute Gasteiger partial charge is 0.298 e. The van der Waals surface area contributed by atoms with Crippen LogP contribution in [0.5, 0.6) is 0 Å². The number of hydrogen-bond acceptors (Lipinski definition) is 3. The quantitative estimate of drug-likeness (QED) is 0.761. The lowest BCUT2D eigenvalue weighted by atomic mass is 10.2. The van der Waals surface area contributed by atoms with Crippen molar-refractivity contribution in [3.63, 3.8) is 0 Å². The minimum atomic E-state index is 0.602. The van der Waals surface area contributed by atoms with Crippen molar-refractivity contribution < 1.29 is 0 Å². The molecule has 1 aromatic rings. The highest BCUT2D eigenvalue weighted by Gasteiger charge is 2.16. The Hall–Kier alpha value is -0.0000000000000000555. The fourth-order valence-corrected chi connectivity index (χ4v) is 2.91. The summed E-state index contributed by atoms with van der Waals surface area (Å²) in [6.07, 6.45) is 3.40. The summed E-state index contributed by atoms with van der Waals surface area (Å²) in [4.78, 5) is 2.41. The van der Waals surface area contributed by atoms with Gasteiger partial charge in [0.25, 0.3) is 0 Å². The fourth-order valence-electron chi connectivity index (χ4n) is 1.92. The number of halogens is 1. The first-order valence-corrected chi connectivity index (χ1v) is 8.60. The average molecular weight is 334 g/mol. The molecule has 0 aromatic carbocycles. The summed E-state index contributed by atoms with van der Waals surface area (Å²) in [7, 11) is 2.19. The predicted octanol–water partition coefficient (Wildman–Crippen LogP) is 3.55. The SMILES string of the molecule is CCn1nc(C)c(Br)c1CN(C)C(C)CCSC. The minimum Gasteiger partial charge on any atom is -0.298 e. The number of rotatable bonds is 7. The summed E-state index contributed by atoms with van der Waals surface area (Å²) in [6.45, 7) is 8.36. The molecule has 0 bridgehead atoms. The number of aryl methyl sites for hydroxylation is 2. The van der Waals surface area contributed by atoms with Gasteiger partial charge in [-0.1, -0.05) is 0 Å². The second kappa shape index (κ2) is 7.56. The van der Waals surface area contributed by atoms with Crippen molar-refractivity contribution in [1.82, 2.24) is 14.7 Å². The van der Waals surface area contributed by atoms with Gasteiger partial charge in [0.15, 0.2) is 0 Å². The van der Waals surface area contributed by atoms with Gasteiger partial charge in [-0.15, -0.1) is 0 Å². The molecule has 0 aliphatic rings. The summed E-state index contributed by atoms with van der Waals surface area (Å²) in [5.41, 5.74) is 2.37. The lowest BCUT2D eigenvalue weighted by Crippen LogP contribution is -2.30.